The predicted octanol–water partition coefficient (Wildman–Crippen LogP) is 4.92. The molecule has 32 heavy (non-hydrogen) atoms. The van der Waals surface area contributed by atoms with Crippen LogP contribution in [0.25, 0.3) is 21.7 Å². The molecule has 4 rings (SSSR count). The quantitative estimate of drug-likeness (QED) is 0.333. The van der Waals surface area contributed by atoms with Crippen LogP contribution in [-0.2, 0) is 5.41 Å². The summed E-state index contributed by atoms with van der Waals surface area (Å²) >= 11 is 0. The van der Waals surface area contributed by atoms with Crippen molar-refractivity contribution < 1.29 is 24.5 Å². The van der Waals surface area contributed by atoms with Gasteiger partial charge in [0, 0.05) is 23.2 Å². The molecule has 4 N–H and O–H groups in total. The second-order valence-corrected chi connectivity index (χ2v) is 8.81. The van der Waals surface area contributed by atoms with Gasteiger partial charge in [0.1, 0.15) is 34.0 Å². The summed E-state index contributed by atoms with van der Waals surface area (Å²) in [5.74, 6) is -1.61. The van der Waals surface area contributed by atoms with Gasteiger partial charge in [-0.15, -0.1) is 0 Å². The molecule has 7 heteroatoms. The molecular weight excluding hydrogens is 410 g/mol. The Bertz CT molecular complexity index is 1440. The Balaban J connectivity index is 1.88. The lowest BCUT2D eigenvalue weighted by atomic mass is 9.87. The highest BCUT2D eigenvalue weighted by atomic mass is 16.3. The van der Waals surface area contributed by atoms with Crippen LogP contribution in [0.15, 0.2) is 51.7 Å². The zero-order valence-corrected chi connectivity index (χ0v) is 18.1. The summed E-state index contributed by atoms with van der Waals surface area (Å²) in [5, 5.41) is 33.9. The van der Waals surface area contributed by atoms with Crippen molar-refractivity contribution in [3.8, 4) is 17.2 Å². The van der Waals surface area contributed by atoms with Gasteiger partial charge < -0.3 is 25.1 Å². The molecule has 4 aromatic rings. The third-order valence-corrected chi connectivity index (χ3v) is 5.41. The van der Waals surface area contributed by atoms with E-state index in [9.17, 15) is 24.9 Å². The lowest BCUT2D eigenvalue weighted by molar-refractivity contribution is 0.102. The average molecular weight is 433 g/mol. The summed E-state index contributed by atoms with van der Waals surface area (Å²) in [6.07, 6.45) is 0. The van der Waals surface area contributed by atoms with E-state index in [0.717, 1.165) is 11.6 Å². The zero-order chi connectivity index (χ0) is 23.4. The van der Waals surface area contributed by atoms with Crippen molar-refractivity contribution >= 4 is 33.3 Å². The monoisotopic (exact) mass is 433 g/mol. The normalized spacial score (nSPS) is 11.8. The maximum absolute atomic E-state index is 13.1. The van der Waals surface area contributed by atoms with Crippen LogP contribution in [0, 0.1) is 6.92 Å². The van der Waals surface area contributed by atoms with Crippen LogP contribution in [0.4, 0.5) is 5.69 Å². The molecule has 7 nitrogen and oxygen atoms in total. The number of carbonyl (C=O) groups excluding carboxylic acids is 1. The highest BCUT2D eigenvalue weighted by Crippen LogP contribution is 2.40. The molecule has 0 aliphatic rings. The van der Waals surface area contributed by atoms with E-state index in [2.05, 4.69) is 26.1 Å². The molecule has 0 aliphatic heterocycles. The van der Waals surface area contributed by atoms with Crippen LogP contribution in [0.1, 0.15) is 42.5 Å². The van der Waals surface area contributed by atoms with Crippen molar-refractivity contribution in [1.82, 2.24) is 0 Å². The summed E-state index contributed by atoms with van der Waals surface area (Å²) in [6, 6.07) is 10.8. The molecule has 0 saturated heterocycles. The number of hydrogen-bond acceptors (Lipinski definition) is 6. The topological polar surface area (TPSA) is 120 Å². The fourth-order valence-corrected chi connectivity index (χ4v) is 3.78. The average Bonchev–Trinajstić information content (AvgIpc) is 2.66. The second-order valence-electron chi connectivity index (χ2n) is 8.81. The minimum Gasteiger partial charge on any atom is -0.507 e. The lowest BCUT2D eigenvalue weighted by Gasteiger charge is -2.19. The number of rotatable bonds is 2. The Morgan fingerprint density at radius 3 is 2.22 bits per heavy atom. The first-order valence-corrected chi connectivity index (χ1v) is 10.0. The fraction of sp³-hybridized carbons (Fsp3) is 0.200. The van der Waals surface area contributed by atoms with E-state index in [0.29, 0.717) is 11.4 Å². The van der Waals surface area contributed by atoms with Crippen LogP contribution in [0.5, 0.6) is 17.2 Å². The molecular formula is C25H23NO6. The number of fused-ring (bicyclic) bond motifs is 2. The van der Waals surface area contributed by atoms with Gasteiger partial charge >= 0.3 is 0 Å². The SMILES string of the molecule is Cc1cc(O)c2c(O)c3c(=O)cc(O)c(C(=O)Nc4ccc(C(C)(C)C)cc4)c3cc2o1. The van der Waals surface area contributed by atoms with E-state index >= 15 is 0 Å². The summed E-state index contributed by atoms with van der Waals surface area (Å²) in [5.41, 5.74) is 0.738. The van der Waals surface area contributed by atoms with Crippen molar-refractivity contribution in [2.24, 2.45) is 0 Å². The molecule has 0 bridgehead atoms. The maximum Gasteiger partial charge on any atom is 0.260 e. The molecule has 1 amide bonds. The first kappa shape index (κ1) is 21.2. The predicted molar refractivity (Wildman–Crippen MR) is 123 cm³/mol. The standard InChI is InChI=1S/C25H23NO6/c1-12-9-16(27)22-19(32-12)10-15-20(23(22)30)17(28)11-18(29)21(15)24(31)26-14-7-5-13(6-8-14)25(2,3)4/h5-11,27,29-30H,1-4H3,(H,26,31). The van der Waals surface area contributed by atoms with Gasteiger partial charge in [0.2, 0.25) is 0 Å². The van der Waals surface area contributed by atoms with Crippen molar-refractivity contribution in [3.05, 3.63) is 69.6 Å². The molecule has 0 saturated carbocycles. The van der Waals surface area contributed by atoms with Crippen LogP contribution < -0.4 is 10.7 Å². The van der Waals surface area contributed by atoms with Crippen molar-refractivity contribution in [2.45, 2.75) is 33.1 Å². The number of carbonyl (C=O) groups is 1. The summed E-state index contributed by atoms with van der Waals surface area (Å²) < 4.78 is 5.57. The van der Waals surface area contributed by atoms with Crippen molar-refractivity contribution in [1.29, 1.82) is 0 Å². The molecule has 3 aromatic carbocycles. The molecule has 0 aliphatic carbocycles. The Hall–Kier alpha value is -4.00. The minimum atomic E-state index is -0.692. The number of amides is 1. The largest absolute Gasteiger partial charge is 0.507 e. The number of phenolic OH excluding ortho intramolecular Hbond substituents is 2. The molecule has 164 valence electrons. The van der Waals surface area contributed by atoms with E-state index in [1.54, 1.807) is 19.1 Å². The number of aryl methyl sites for hydroxylation is 1. The summed E-state index contributed by atoms with van der Waals surface area (Å²) in [7, 11) is 0. The van der Waals surface area contributed by atoms with Gasteiger partial charge in [-0.2, -0.15) is 0 Å². The van der Waals surface area contributed by atoms with Gasteiger partial charge in [0.15, 0.2) is 5.43 Å². The Labute approximate surface area is 183 Å². The Morgan fingerprint density at radius 1 is 0.938 bits per heavy atom. The lowest BCUT2D eigenvalue weighted by Crippen LogP contribution is -2.16. The summed E-state index contributed by atoms with van der Waals surface area (Å²) in [4.78, 5) is 25.6. The van der Waals surface area contributed by atoms with E-state index in [-0.39, 0.29) is 38.5 Å². The number of hydrogen-bond donors (Lipinski definition) is 4. The molecule has 1 heterocycles. The third kappa shape index (κ3) is 3.51. The number of anilines is 1. The van der Waals surface area contributed by atoms with E-state index in [1.807, 2.05) is 12.1 Å². The fourth-order valence-electron chi connectivity index (χ4n) is 3.78. The summed E-state index contributed by atoms with van der Waals surface area (Å²) in [6.45, 7) is 7.85. The first-order valence-electron chi connectivity index (χ1n) is 10.0. The molecule has 0 fully saturated rings. The van der Waals surface area contributed by atoms with Gasteiger partial charge in [0.25, 0.3) is 5.91 Å². The van der Waals surface area contributed by atoms with Crippen molar-refractivity contribution in [2.75, 3.05) is 5.32 Å². The molecule has 0 atom stereocenters. The van der Waals surface area contributed by atoms with Gasteiger partial charge in [0.05, 0.1) is 10.9 Å². The maximum atomic E-state index is 13.1. The van der Waals surface area contributed by atoms with Crippen LogP contribution in [0.3, 0.4) is 0 Å². The first-order chi connectivity index (χ1) is 15.0. The molecule has 1 aromatic heterocycles. The number of benzene rings is 3. The van der Waals surface area contributed by atoms with Crippen molar-refractivity contribution in [3.63, 3.8) is 0 Å². The molecule has 0 unspecified atom stereocenters. The third-order valence-electron chi connectivity index (χ3n) is 5.41. The van der Waals surface area contributed by atoms with E-state index in [1.165, 1.54) is 12.1 Å². The Kier molecular flexibility index (Phi) is 4.85. The van der Waals surface area contributed by atoms with E-state index < -0.39 is 22.8 Å². The van der Waals surface area contributed by atoms with Crippen LogP contribution in [0.2, 0.25) is 0 Å². The molecule has 0 radical (unpaired) electrons. The Morgan fingerprint density at radius 2 is 1.59 bits per heavy atom. The second kappa shape index (κ2) is 7.30. The van der Waals surface area contributed by atoms with E-state index in [4.69, 9.17) is 4.42 Å². The van der Waals surface area contributed by atoms with Gasteiger partial charge in [-0.3, -0.25) is 9.59 Å². The minimum absolute atomic E-state index is 0.0116. The smallest absolute Gasteiger partial charge is 0.260 e. The highest BCUT2D eigenvalue weighted by Gasteiger charge is 2.23. The number of aromatic hydroxyl groups is 3. The van der Waals surface area contributed by atoms with Crippen LogP contribution in [-0.4, -0.2) is 21.2 Å². The van der Waals surface area contributed by atoms with Gasteiger partial charge in [-0.1, -0.05) is 32.9 Å². The molecule has 0 spiro atoms. The number of phenols is 2. The van der Waals surface area contributed by atoms with Gasteiger partial charge in [-0.25, -0.2) is 0 Å². The van der Waals surface area contributed by atoms with Crippen LogP contribution >= 0.6 is 0 Å². The number of nitrogens with one attached hydrogen (secondary N) is 1. The highest BCUT2D eigenvalue weighted by molar-refractivity contribution is 6.18. The van der Waals surface area contributed by atoms with Gasteiger partial charge in [-0.05, 0) is 36.1 Å². The zero-order valence-electron chi connectivity index (χ0n) is 18.1.